The molecule has 0 aliphatic rings. The maximum absolute atomic E-state index is 10.8. The number of carboxylic acid groups (broad SMARTS) is 1. The molecule has 1 N–H and O–H groups in total. The van der Waals surface area contributed by atoms with Gasteiger partial charge in [0, 0.05) is 13.1 Å². The van der Waals surface area contributed by atoms with Crippen molar-refractivity contribution < 1.29 is 14.6 Å². The second-order valence-corrected chi connectivity index (χ2v) is 4.29. The Morgan fingerprint density at radius 2 is 2.06 bits per heavy atom. The Morgan fingerprint density at radius 1 is 1.39 bits per heavy atom. The number of rotatable bonds is 8. The molecule has 0 saturated carbocycles. The first-order valence-electron chi connectivity index (χ1n) is 6.26. The summed E-state index contributed by atoms with van der Waals surface area (Å²) >= 11 is 0. The van der Waals surface area contributed by atoms with Crippen LogP contribution in [-0.2, 0) is 4.79 Å². The van der Waals surface area contributed by atoms with Crippen molar-refractivity contribution in [3.8, 4) is 5.75 Å². The fourth-order valence-electron chi connectivity index (χ4n) is 1.65. The number of likely N-dealkylation sites (N-methyl/N-ethyl adjacent to an activating group) is 1. The Hall–Kier alpha value is -1.55. The van der Waals surface area contributed by atoms with E-state index in [0.717, 1.165) is 18.8 Å². The van der Waals surface area contributed by atoms with Crippen molar-refractivity contribution in [3.63, 3.8) is 0 Å². The van der Waals surface area contributed by atoms with Gasteiger partial charge in [0.15, 0.2) is 0 Å². The highest BCUT2D eigenvalue weighted by atomic mass is 16.5. The first kappa shape index (κ1) is 14.5. The van der Waals surface area contributed by atoms with Crippen molar-refractivity contribution in [2.24, 2.45) is 5.92 Å². The van der Waals surface area contributed by atoms with E-state index in [4.69, 9.17) is 9.84 Å². The van der Waals surface area contributed by atoms with Crippen LogP contribution < -0.4 is 4.74 Å². The van der Waals surface area contributed by atoms with Crippen molar-refractivity contribution in [3.05, 3.63) is 30.3 Å². The van der Waals surface area contributed by atoms with Gasteiger partial charge in [0.25, 0.3) is 0 Å². The summed E-state index contributed by atoms with van der Waals surface area (Å²) in [6.45, 7) is 6.45. The molecule has 0 heterocycles. The number of aliphatic carboxylic acids is 1. The van der Waals surface area contributed by atoms with E-state index >= 15 is 0 Å². The van der Waals surface area contributed by atoms with E-state index in [9.17, 15) is 4.79 Å². The van der Waals surface area contributed by atoms with Gasteiger partial charge in [0.05, 0.1) is 5.92 Å². The van der Waals surface area contributed by atoms with E-state index in [1.165, 1.54) is 0 Å². The summed E-state index contributed by atoms with van der Waals surface area (Å²) in [4.78, 5) is 12.9. The molecule has 4 nitrogen and oxygen atoms in total. The lowest BCUT2D eigenvalue weighted by molar-refractivity contribution is -0.141. The fourth-order valence-corrected chi connectivity index (χ4v) is 1.65. The SMILES string of the molecule is CCN(CCOc1ccccc1)CC(C)C(=O)O. The molecule has 0 bridgehead atoms. The summed E-state index contributed by atoms with van der Waals surface area (Å²) in [5.74, 6) is -0.251. The Labute approximate surface area is 108 Å². The van der Waals surface area contributed by atoms with Gasteiger partial charge >= 0.3 is 5.97 Å². The Morgan fingerprint density at radius 3 is 2.61 bits per heavy atom. The second kappa shape index (κ2) is 7.71. The molecular weight excluding hydrogens is 230 g/mol. The first-order chi connectivity index (χ1) is 8.63. The number of ether oxygens (including phenoxy) is 1. The minimum Gasteiger partial charge on any atom is -0.492 e. The van der Waals surface area contributed by atoms with E-state index < -0.39 is 5.97 Å². The summed E-state index contributed by atoms with van der Waals surface area (Å²) in [5.41, 5.74) is 0. The standard InChI is InChI=1S/C14H21NO3/c1-3-15(11-12(2)14(16)17)9-10-18-13-7-5-4-6-8-13/h4-8,12H,3,9-11H2,1-2H3,(H,16,17). The molecule has 0 aromatic heterocycles. The predicted octanol–water partition coefficient (Wildman–Crippen LogP) is 2.11. The summed E-state index contributed by atoms with van der Waals surface area (Å²) in [7, 11) is 0. The molecule has 0 spiro atoms. The Balaban J connectivity index is 2.29. The van der Waals surface area contributed by atoms with E-state index in [-0.39, 0.29) is 5.92 Å². The molecule has 0 saturated heterocycles. The third kappa shape index (κ3) is 5.19. The topological polar surface area (TPSA) is 49.8 Å². The van der Waals surface area contributed by atoms with Gasteiger partial charge in [-0.15, -0.1) is 0 Å². The zero-order chi connectivity index (χ0) is 13.4. The van der Waals surface area contributed by atoms with Crippen molar-refractivity contribution in [2.75, 3.05) is 26.2 Å². The molecule has 0 aliphatic heterocycles. The molecule has 1 rings (SSSR count). The van der Waals surface area contributed by atoms with Crippen molar-refractivity contribution in [2.45, 2.75) is 13.8 Å². The molecule has 1 aromatic rings. The van der Waals surface area contributed by atoms with Crippen molar-refractivity contribution >= 4 is 5.97 Å². The van der Waals surface area contributed by atoms with E-state index in [2.05, 4.69) is 4.90 Å². The molecule has 4 heteroatoms. The molecular formula is C14H21NO3. The number of nitrogens with zero attached hydrogens (tertiary/aromatic N) is 1. The maximum atomic E-state index is 10.8. The zero-order valence-electron chi connectivity index (χ0n) is 11.0. The summed E-state index contributed by atoms with van der Waals surface area (Å²) in [6, 6.07) is 9.63. The lowest BCUT2D eigenvalue weighted by Gasteiger charge is -2.22. The van der Waals surface area contributed by atoms with Crippen molar-refractivity contribution in [1.82, 2.24) is 4.90 Å². The predicted molar refractivity (Wildman–Crippen MR) is 70.9 cm³/mol. The third-order valence-corrected chi connectivity index (χ3v) is 2.82. The van der Waals surface area contributed by atoms with Crippen LogP contribution in [0.3, 0.4) is 0 Å². The van der Waals surface area contributed by atoms with Gasteiger partial charge in [-0.2, -0.15) is 0 Å². The van der Waals surface area contributed by atoms with E-state index in [0.29, 0.717) is 13.2 Å². The molecule has 18 heavy (non-hydrogen) atoms. The van der Waals surface area contributed by atoms with Crippen LogP contribution in [0, 0.1) is 5.92 Å². The van der Waals surface area contributed by atoms with Gasteiger partial charge in [-0.1, -0.05) is 32.0 Å². The van der Waals surface area contributed by atoms with Crippen molar-refractivity contribution in [1.29, 1.82) is 0 Å². The van der Waals surface area contributed by atoms with Gasteiger partial charge in [-0.25, -0.2) is 0 Å². The van der Waals surface area contributed by atoms with Crippen LogP contribution in [-0.4, -0.2) is 42.2 Å². The van der Waals surface area contributed by atoms with Crippen LogP contribution in [0.1, 0.15) is 13.8 Å². The molecule has 0 amide bonds. The molecule has 1 aromatic carbocycles. The number of hydrogen-bond donors (Lipinski definition) is 1. The van der Waals surface area contributed by atoms with E-state index in [1.54, 1.807) is 6.92 Å². The van der Waals surface area contributed by atoms with Gasteiger partial charge in [-0.3, -0.25) is 9.69 Å². The van der Waals surface area contributed by atoms with Crippen LogP contribution in [0.15, 0.2) is 30.3 Å². The summed E-state index contributed by atoms with van der Waals surface area (Å²) in [5, 5.41) is 8.87. The Kier molecular flexibility index (Phi) is 6.22. The largest absolute Gasteiger partial charge is 0.492 e. The van der Waals surface area contributed by atoms with Crippen LogP contribution in [0.2, 0.25) is 0 Å². The maximum Gasteiger partial charge on any atom is 0.307 e. The van der Waals surface area contributed by atoms with Gasteiger partial charge in [-0.05, 0) is 18.7 Å². The zero-order valence-corrected chi connectivity index (χ0v) is 11.0. The lowest BCUT2D eigenvalue weighted by atomic mass is 10.2. The summed E-state index contributed by atoms with van der Waals surface area (Å²) in [6.07, 6.45) is 0. The average molecular weight is 251 g/mol. The fraction of sp³-hybridized carbons (Fsp3) is 0.500. The number of hydrogen-bond acceptors (Lipinski definition) is 3. The lowest BCUT2D eigenvalue weighted by Crippen LogP contribution is -2.34. The van der Waals surface area contributed by atoms with Gasteiger partial charge < -0.3 is 9.84 Å². The number of benzene rings is 1. The second-order valence-electron chi connectivity index (χ2n) is 4.29. The molecule has 0 fully saturated rings. The number of carbonyl (C=O) groups is 1. The van der Waals surface area contributed by atoms with Gasteiger partial charge in [0.1, 0.15) is 12.4 Å². The number of carboxylic acids is 1. The molecule has 1 atom stereocenters. The molecule has 0 aliphatic carbocycles. The monoisotopic (exact) mass is 251 g/mol. The van der Waals surface area contributed by atoms with Crippen LogP contribution in [0.5, 0.6) is 5.75 Å². The average Bonchev–Trinajstić information content (AvgIpc) is 2.38. The molecule has 0 radical (unpaired) electrons. The molecule has 100 valence electrons. The highest BCUT2D eigenvalue weighted by molar-refractivity contribution is 5.69. The van der Waals surface area contributed by atoms with Crippen LogP contribution in [0.4, 0.5) is 0 Å². The highest BCUT2D eigenvalue weighted by Crippen LogP contribution is 2.08. The summed E-state index contributed by atoms with van der Waals surface area (Å²) < 4.78 is 5.59. The van der Waals surface area contributed by atoms with Crippen LogP contribution in [0.25, 0.3) is 0 Å². The Bertz CT molecular complexity index is 353. The van der Waals surface area contributed by atoms with Crippen LogP contribution >= 0.6 is 0 Å². The smallest absolute Gasteiger partial charge is 0.307 e. The third-order valence-electron chi connectivity index (χ3n) is 2.82. The minimum atomic E-state index is -0.752. The minimum absolute atomic E-state index is 0.346. The highest BCUT2D eigenvalue weighted by Gasteiger charge is 2.14. The van der Waals surface area contributed by atoms with E-state index in [1.807, 2.05) is 37.3 Å². The normalized spacial score (nSPS) is 12.4. The number of para-hydroxylation sites is 1. The molecule has 1 unspecified atom stereocenters. The quantitative estimate of drug-likeness (QED) is 0.768. The first-order valence-corrected chi connectivity index (χ1v) is 6.26. The van der Waals surface area contributed by atoms with Gasteiger partial charge in [0.2, 0.25) is 0 Å².